The van der Waals surface area contributed by atoms with Gasteiger partial charge in [0.25, 0.3) is 0 Å². The normalized spacial score (nSPS) is 10.3. The Labute approximate surface area is 123 Å². The number of rotatable bonds is 3. The Balaban J connectivity index is 2.04. The van der Waals surface area contributed by atoms with E-state index in [0.29, 0.717) is 16.3 Å². The predicted octanol–water partition coefficient (Wildman–Crippen LogP) is 3.90. The van der Waals surface area contributed by atoms with Crippen LogP contribution < -0.4 is 5.73 Å². The number of halogens is 1. The summed E-state index contributed by atoms with van der Waals surface area (Å²) in [6.07, 6.45) is 0. The molecule has 104 valence electrons. The number of nitrogens with two attached hydrogens (primary N) is 1. The van der Waals surface area contributed by atoms with Crippen molar-refractivity contribution in [3.8, 4) is 0 Å². The number of hydrogen-bond donors (Lipinski definition) is 1. The van der Waals surface area contributed by atoms with E-state index in [1.807, 2.05) is 32.0 Å². The van der Waals surface area contributed by atoms with E-state index in [0.717, 1.165) is 5.56 Å². The highest BCUT2D eigenvalue weighted by molar-refractivity contribution is 6.33. The number of carbonyl (C=O) groups excluding carboxylic acids is 1. The van der Waals surface area contributed by atoms with Gasteiger partial charge in [0, 0.05) is 0 Å². The molecule has 2 aromatic rings. The fraction of sp³-hybridized carbons (Fsp3) is 0.188. The Morgan fingerprint density at radius 3 is 2.55 bits per heavy atom. The van der Waals surface area contributed by atoms with Crippen molar-refractivity contribution in [2.24, 2.45) is 0 Å². The van der Waals surface area contributed by atoms with Gasteiger partial charge in [-0.15, -0.1) is 0 Å². The van der Waals surface area contributed by atoms with E-state index >= 15 is 0 Å². The van der Waals surface area contributed by atoms with Gasteiger partial charge in [0.1, 0.15) is 6.61 Å². The molecule has 0 aliphatic rings. The molecule has 4 heteroatoms. The van der Waals surface area contributed by atoms with Gasteiger partial charge in [-0.05, 0) is 48.7 Å². The fourth-order valence-electron chi connectivity index (χ4n) is 1.80. The zero-order chi connectivity index (χ0) is 14.7. The Bertz CT molecular complexity index is 653. The van der Waals surface area contributed by atoms with Crippen molar-refractivity contribution in [1.82, 2.24) is 0 Å². The summed E-state index contributed by atoms with van der Waals surface area (Å²) in [6, 6.07) is 10.7. The topological polar surface area (TPSA) is 52.3 Å². The maximum absolute atomic E-state index is 11.9. The Morgan fingerprint density at radius 1 is 1.15 bits per heavy atom. The summed E-state index contributed by atoms with van der Waals surface area (Å²) in [5.41, 5.74) is 9.78. The van der Waals surface area contributed by atoms with Crippen LogP contribution in [0.2, 0.25) is 5.02 Å². The third kappa shape index (κ3) is 3.31. The summed E-state index contributed by atoms with van der Waals surface area (Å²) in [6.45, 7) is 4.31. The van der Waals surface area contributed by atoms with Crippen LogP contribution in [-0.2, 0) is 11.3 Å². The predicted molar refractivity (Wildman–Crippen MR) is 80.9 cm³/mol. The number of hydrogen-bond acceptors (Lipinski definition) is 3. The average molecular weight is 290 g/mol. The van der Waals surface area contributed by atoms with Gasteiger partial charge in [-0.3, -0.25) is 0 Å². The number of nitrogen functional groups attached to an aromatic ring is 1. The Morgan fingerprint density at radius 2 is 1.90 bits per heavy atom. The second-order valence-corrected chi connectivity index (χ2v) is 5.14. The molecule has 0 amide bonds. The second kappa shape index (κ2) is 5.97. The summed E-state index contributed by atoms with van der Waals surface area (Å²) in [7, 11) is 0. The highest BCUT2D eigenvalue weighted by Gasteiger charge is 2.09. The maximum atomic E-state index is 11.9. The lowest BCUT2D eigenvalue weighted by Crippen LogP contribution is -2.06. The molecule has 2 N–H and O–H groups in total. The Hall–Kier alpha value is -2.00. The molecular weight excluding hydrogens is 274 g/mol. The smallest absolute Gasteiger partial charge is 0.338 e. The molecule has 0 bridgehead atoms. The lowest BCUT2D eigenvalue weighted by atomic mass is 10.1. The highest BCUT2D eigenvalue weighted by Crippen LogP contribution is 2.20. The number of anilines is 1. The molecule has 2 rings (SSSR count). The van der Waals surface area contributed by atoms with Crippen molar-refractivity contribution < 1.29 is 9.53 Å². The van der Waals surface area contributed by atoms with Gasteiger partial charge < -0.3 is 10.5 Å². The monoisotopic (exact) mass is 289 g/mol. The van der Waals surface area contributed by atoms with Crippen molar-refractivity contribution in [2.75, 3.05) is 5.73 Å². The lowest BCUT2D eigenvalue weighted by molar-refractivity contribution is 0.0472. The number of carbonyl (C=O) groups is 1. The third-order valence-electron chi connectivity index (χ3n) is 3.17. The first kappa shape index (κ1) is 14.4. The largest absolute Gasteiger partial charge is 0.457 e. The van der Waals surface area contributed by atoms with Crippen LogP contribution in [0.5, 0.6) is 0 Å². The molecule has 0 aliphatic heterocycles. The van der Waals surface area contributed by atoms with Gasteiger partial charge in [-0.25, -0.2) is 4.79 Å². The molecule has 0 aromatic heterocycles. The minimum atomic E-state index is -0.411. The first-order chi connectivity index (χ1) is 9.47. The first-order valence-electron chi connectivity index (χ1n) is 6.25. The molecule has 0 saturated heterocycles. The molecule has 0 radical (unpaired) electrons. The van der Waals surface area contributed by atoms with Gasteiger partial charge in [0.15, 0.2) is 0 Å². The van der Waals surface area contributed by atoms with Gasteiger partial charge in [0.2, 0.25) is 0 Å². The van der Waals surface area contributed by atoms with E-state index in [4.69, 9.17) is 22.1 Å². The Kier molecular flexibility index (Phi) is 4.30. The van der Waals surface area contributed by atoms with Crippen LogP contribution in [0.25, 0.3) is 0 Å². The number of esters is 1. The summed E-state index contributed by atoms with van der Waals surface area (Å²) in [5, 5.41) is 0.427. The minimum Gasteiger partial charge on any atom is -0.457 e. The van der Waals surface area contributed by atoms with E-state index in [1.165, 1.54) is 17.2 Å². The standard InChI is InChI=1S/C16H16ClNO2/c1-10-3-4-12(7-11(10)2)9-20-16(19)13-5-6-14(17)15(18)8-13/h3-8H,9,18H2,1-2H3. The number of aryl methyl sites for hydroxylation is 2. The summed E-state index contributed by atoms with van der Waals surface area (Å²) in [4.78, 5) is 11.9. The highest BCUT2D eigenvalue weighted by atomic mass is 35.5. The molecule has 2 aromatic carbocycles. The second-order valence-electron chi connectivity index (χ2n) is 4.73. The van der Waals surface area contributed by atoms with Gasteiger partial charge in [0.05, 0.1) is 16.3 Å². The van der Waals surface area contributed by atoms with Crippen LogP contribution >= 0.6 is 11.6 Å². The SMILES string of the molecule is Cc1ccc(COC(=O)c2ccc(Cl)c(N)c2)cc1C. The van der Waals surface area contributed by atoms with Crippen LogP contribution in [0.1, 0.15) is 27.0 Å². The fourth-order valence-corrected chi connectivity index (χ4v) is 1.91. The minimum absolute atomic E-state index is 0.239. The molecule has 0 saturated carbocycles. The maximum Gasteiger partial charge on any atom is 0.338 e. The van der Waals surface area contributed by atoms with Crippen LogP contribution in [0.4, 0.5) is 5.69 Å². The summed E-state index contributed by atoms with van der Waals surface area (Å²) < 4.78 is 5.27. The van der Waals surface area contributed by atoms with E-state index < -0.39 is 5.97 Å². The zero-order valence-corrected chi connectivity index (χ0v) is 12.2. The molecule has 0 unspecified atom stereocenters. The molecule has 0 aliphatic carbocycles. The molecule has 0 atom stereocenters. The van der Waals surface area contributed by atoms with Crippen molar-refractivity contribution >= 4 is 23.3 Å². The van der Waals surface area contributed by atoms with Crippen LogP contribution in [0, 0.1) is 13.8 Å². The van der Waals surface area contributed by atoms with Gasteiger partial charge >= 0.3 is 5.97 Å². The van der Waals surface area contributed by atoms with Crippen molar-refractivity contribution in [3.63, 3.8) is 0 Å². The number of ether oxygens (including phenoxy) is 1. The lowest BCUT2D eigenvalue weighted by Gasteiger charge is -2.08. The van der Waals surface area contributed by atoms with Crippen molar-refractivity contribution in [1.29, 1.82) is 0 Å². The quantitative estimate of drug-likeness (QED) is 0.689. The molecule has 3 nitrogen and oxygen atoms in total. The van der Waals surface area contributed by atoms with E-state index in [9.17, 15) is 4.79 Å². The van der Waals surface area contributed by atoms with E-state index in [-0.39, 0.29) is 6.61 Å². The van der Waals surface area contributed by atoms with Crippen molar-refractivity contribution in [3.05, 3.63) is 63.7 Å². The zero-order valence-electron chi connectivity index (χ0n) is 11.4. The average Bonchev–Trinajstić information content (AvgIpc) is 2.43. The van der Waals surface area contributed by atoms with Gasteiger partial charge in [-0.2, -0.15) is 0 Å². The molecule has 0 spiro atoms. The van der Waals surface area contributed by atoms with E-state index in [1.54, 1.807) is 12.1 Å². The third-order valence-corrected chi connectivity index (χ3v) is 3.52. The summed E-state index contributed by atoms with van der Waals surface area (Å²) >= 11 is 5.81. The van der Waals surface area contributed by atoms with Gasteiger partial charge in [-0.1, -0.05) is 29.8 Å². The molecular formula is C16H16ClNO2. The summed E-state index contributed by atoms with van der Waals surface area (Å²) in [5.74, 6) is -0.411. The molecule has 0 heterocycles. The molecule has 0 fully saturated rings. The van der Waals surface area contributed by atoms with Crippen molar-refractivity contribution in [2.45, 2.75) is 20.5 Å². The van der Waals surface area contributed by atoms with Crippen LogP contribution in [0.3, 0.4) is 0 Å². The first-order valence-corrected chi connectivity index (χ1v) is 6.63. The van der Waals surface area contributed by atoms with E-state index in [2.05, 4.69) is 0 Å². The molecule has 20 heavy (non-hydrogen) atoms. The van der Waals surface area contributed by atoms with Crippen LogP contribution in [0.15, 0.2) is 36.4 Å². The number of benzene rings is 2. The van der Waals surface area contributed by atoms with Crippen LogP contribution in [-0.4, -0.2) is 5.97 Å².